The lowest BCUT2D eigenvalue weighted by Gasteiger charge is -2.13. The molecule has 0 aromatic heterocycles. The minimum absolute atomic E-state index is 0.790. The zero-order valence-electron chi connectivity index (χ0n) is 9.60. The van der Waals surface area contributed by atoms with Gasteiger partial charge in [-0.2, -0.15) is 0 Å². The van der Waals surface area contributed by atoms with Gasteiger partial charge in [-0.05, 0) is 51.0 Å². The standard InChI is InChI=1S/C13H25N/c1-11(13-8-9-13)14-10-4-7-12-5-2-3-6-12/h11-14H,2-10H2,1H3. The Balaban J connectivity index is 1.46. The molecule has 1 nitrogen and oxygen atoms in total. The van der Waals surface area contributed by atoms with Crippen molar-refractivity contribution in [2.24, 2.45) is 11.8 Å². The van der Waals surface area contributed by atoms with E-state index in [2.05, 4.69) is 12.2 Å². The van der Waals surface area contributed by atoms with E-state index >= 15 is 0 Å². The fourth-order valence-electron chi connectivity index (χ4n) is 2.78. The Morgan fingerprint density at radius 1 is 1.14 bits per heavy atom. The molecule has 0 saturated heterocycles. The molecule has 2 saturated carbocycles. The molecule has 2 rings (SSSR count). The van der Waals surface area contributed by atoms with Gasteiger partial charge in [0.1, 0.15) is 0 Å². The van der Waals surface area contributed by atoms with E-state index < -0.39 is 0 Å². The molecule has 14 heavy (non-hydrogen) atoms. The topological polar surface area (TPSA) is 12.0 Å². The number of hydrogen-bond donors (Lipinski definition) is 1. The van der Waals surface area contributed by atoms with Gasteiger partial charge in [0.25, 0.3) is 0 Å². The molecule has 1 N–H and O–H groups in total. The van der Waals surface area contributed by atoms with Gasteiger partial charge in [-0.1, -0.05) is 25.7 Å². The smallest absolute Gasteiger partial charge is 0.00669 e. The van der Waals surface area contributed by atoms with Crippen molar-refractivity contribution >= 4 is 0 Å². The summed E-state index contributed by atoms with van der Waals surface area (Å²) < 4.78 is 0. The Bertz CT molecular complexity index is 153. The Hall–Kier alpha value is -0.0400. The van der Waals surface area contributed by atoms with Gasteiger partial charge in [-0.3, -0.25) is 0 Å². The molecule has 2 fully saturated rings. The van der Waals surface area contributed by atoms with Crippen molar-refractivity contribution in [3.8, 4) is 0 Å². The first kappa shape index (κ1) is 10.5. The Morgan fingerprint density at radius 3 is 2.50 bits per heavy atom. The molecule has 1 unspecified atom stereocenters. The maximum Gasteiger partial charge on any atom is 0.00669 e. The largest absolute Gasteiger partial charge is 0.314 e. The van der Waals surface area contributed by atoms with Crippen LogP contribution >= 0.6 is 0 Å². The van der Waals surface area contributed by atoms with Gasteiger partial charge in [0.15, 0.2) is 0 Å². The second kappa shape index (κ2) is 5.16. The van der Waals surface area contributed by atoms with E-state index in [4.69, 9.17) is 0 Å². The van der Waals surface area contributed by atoms with E-state index in [0.717, 1.165) is 17.9 Å². The lowest BCUT2D eigenvalue weighted by Crippen LogP contribution is -2.28. The van der Waals surface area contributed by atoms with Crippen molar-refractivity contribution in [3.05, 3.63) is 0 Å². The van der Waals surface area contributed by atoms with Crippen LogP contribution in [0.4, 0.5) is 0 Å². The van der Waals surface area contributed by atoms with Gasteiger partial charge in [-0.25, -0.2) is 0 Å². The molecule has 0 heterocycles. The van der Waals surface area contributed by atoms with Gasteiger partial charge in [0, 0.05) is 6.04 Å². The molecule has 0 aromatic carbocycles. The second-order valence-electron chi connectivity index (χ2n) is 5.37. The van der Waals surface area contributed by atoms with E-state index in [1.165, 1.54) is 57.9 Å². The molecule has 2 aliphatic carbocycles. The van der Waals surface area contributed by atoms with E-state index in [1.54, 1.807) is 0 Å². The predicted molar refractivity (Wildman–Crippen MR) is 61.4 cm³/mol. The van der Waals surface area contributed by atoms with Crippen LogP contribution in [0.15, 0.2) is 0 Å². The van der Waals surface area contributed by atoms with Gasteiger partial charge in [0.05, 0.1) is 0 Å². The van der Waals surface area contributed by atoms with Crippen LogP contribution in [0.5, 0.6) is 0 Å². The van der Waals surface area contributed by atoms with Crippen LogP contribution in [0.3, 0.4) is 0 Å². The van der Waals surface area contributed by atoms with Crippen molar-refractivity contribution < 1.29 is 0 Å². The molecule has 0 spiro atoms. The summed E-state index contributed by atoms with van der Waals surface area (Å²) in [6.07, 6.45) is 11.8. The van der Waals surface area contributed by atoms with E-state index in [9.17, 15) is 0 Å². The minimum Gasteiger partial charge on any atom is -0.314 e. The summed E-state index contributed by atoms with van der Waals surface area (Å²) in [6.45, 7) is 3.61. The van der Waals surface area contributed by atoms with Gasteiger partial charge < -0.3 is 5.32 Å². The Labute approximate surface area is 88.7 Å². The van der Waals surface area contributed by atoms with Crippen LogP contribution < -0.4 is 5.32 Å². The summed E-state index contributed by atoms with van der Waals surface area (Å²) in [5.74, 6) is 2.09. The third-order valence-electron chi connectivity index (χ3n) is 4.06. The summed E-state index contributed by atoms with van der Waals surface area (Å²) >= 11 is 0. The SMILES string of the molecule is CC(NCCCC1CCCC1)C1CC1. The average molecular weight is 195 g/mol. The quantitative estimate of drug-likeness (QED) is 0.641. The van der Waals surface area contributed by atoms with Crippen molar-refractivity contribution in [2.75, 3.05) is 6.54 Å². The molecule has 0 aliphatic heterocycles. The van der Waals surface area contributed by atoms with E-state index in [1.807, 2.05) is 0 Å². The fraction of sp³-hybridized carbons (Fsp3) is 1.00. The monoisotopic (exact) mass is 195 g/mol. The van der Waals surface area contributed by atoms with Crippen LogP contribution in [0.2, 0.25) is 0 Å². The summed E-state index contributed by atoms with van der Waals surface area (Å²) in [5, 5.41) is 3.67. The van der Waals surface area contributed by atoms with Crippen LogP contribution in [0, 0.1) is 11.8 Å². The van der Waals surface area contributed by atoms with Crippen molar-refractivity contribution in [3.63, 3.8) is 0 Å². The maximum absolute atomic E-state index is 3.67. The van der Waals surface area contributed by atoms with E-state index in [0.29, 0.717) is 0 Å². The average Bonchev–Trinajstić information content (AvgIpc) is 2.92. The molecular formula is C13H25N. The molecule has 0 amide bonds. The zero-order valence-corrected chi connectivity index (χ0v) is 9.60. The minimum atomic E-state index is 0.790. The predicted octanol–water partition coefficient (Wildman–Crippen LogP) is 3.34. The van der Waals surface area contributed by atoms with Crippen molar-refractivity contribution in [2.45, 2.75) is 64.3 Å². The third kappa shape index (κ3) is 3.27. The first-order valence-electron chi connectivity index (χ1n) is 6.59. The first-order valence-corrected chi connectivity index (χ1v) is 6.59. The highest BCUT2D eigenvalue weighted by molar-refractivity contribution is 4.83. The lowest BCUT2D eigenvalue weighted by molar-refractivity contribution is 0.437. The van der Waals surface area contributed by atoms with Gasteiger partial charge >= 0.3 is 0 Å². The van der Waals surface area contributed by atoms with Crippen LogP contribution in [0.1, 0.15) is 58.3 Å². The second-order valence-corrected chi connectivity index (χ2v) is 5.37. The third-order valence-corrected chi connectivity index (χ3v) is 4.06. The highest BCUT2D eigenvalue weighted by atomic mass is 14.9. The molecule has 0 bridgehead atoms. The molecule has 1 atom stereocenters. The molecule has 2 aliphatic rings. The van der Waals surface area contributed by atoms with Crippen LogP contribution in [-0.2, 0) is 0 Å². The van der Waals surface area contributed by atoms with E-state index in [-0.39, 0.29) is 0 Å². The van der Waals surface area contributed by atoms with Crippen LogP contribution in [0.25, 0.3) is 0 Å². The summed E-state index contributed by atoms with van der Waals surface area (Å²) in [5.41, 5.74) is 0. The van der Waals surface area contributed by atoms with Gasteiger partial charge in [-0.15, -0.1) is 0 Å². The molecule has 82 valence electrons. The molecule has 0 aromatic rings. The summed E-state index contributed by atoms with van der Waals surface area (Å²) in [4.78, 5) is 0. The number of nitrogens with one attached hydrogen (secondary N) is 1. The molecule has 1 heteroatoms. The highest BCUT2D eigenvalue weighted by Gasteiger charge is 2.27. The number of hydrogen-bond acceptors (Lipinski definition) is 1. The number of rotatable bonds is 6. The first-order chi connectivity index (χ1) is 6.86. The summed E-state index contributed by atoms with van der Waals surface area (Å²) in [7, 11) is 0. The summed E-state index contributed by atoms with van der Waals surface area (Å²) in [6, 6.07) is 0.790. The Morgan fingerprint density at radius 2 is 1.86 bits per heavy atom. The van der Waals surface area contributed by atoms with Gasteiger partial charge in [0.2, 0.25) is 0 Å². The maximum atomic E-state index is 3.67. The normalized spacial score (nSPS) is 25.5. The fourth-order valence-corrected chi connectivity index (χ4v) is 2.78. The molecular weight excluding hydrogens is 170 g/mol. The highest BCUT2D eigenvalue weighted by Crippen LogP contribution is 2.32. The van der Waals surface area contributed by atoms with Crippen molar-refractivity contribution in [1.29, 1.82) is 0 Å². The Kier molecular flexibility index (Phi) is 3.86. The molecule has 0 radical (unpaired) electrons. The zero-order chi connectivity index (χ0) is 9.80. The lowest BCUT2D eigenvalue weighted by atomic mass is 10.0. The van der Waals surface area contributed by atoms with Crippen molar-refractivity contribution in [1.82, 2.24) is 5.32 Å². The van der Waals surface area contributed by atoms with Crippen LogP contribution in [-0.4, -0.2) is 12.6 Å².